The Morgan fingerprint density at radius 1 is 1.40 bits per heavy atom. The van der Waals surface area contributed by atoms with Gasteiger partial charge in [-0.25, -0.2) is 4.99 Å². The SMILES string of the molecule is C#Cc1ccc(/C=C2\N=C(C)N(CCOC)C2=O)cc1. The van der Waals surface area contributed by atoms with Crippen LogP contribution in [0.4, 0.5) is 0 Å². The molecule has 1 aromatic rings. The molecule has 4 nitrogen and oxygen atoms in total. The predicted octanol–water partition coefficient (Wildman–Crippen LogP) is 1.92. The number of hydrogen-bond acceptors (Lipinski definition) is 3. The van der Waals surface area contributed by atoms with Crippen molar-refractivity contribution in [3.8, 4) is 12.3 Å². The van der Waals surface area contributed by atoms with Crippen LogP contribution in [0.25, 0.3) is 6.08 Å². The van der Waals surface area contributed by atoms with Crippen molar-refractivity contribution >= 4 is 17.8 Å². The number of benzene rings is 1. The fourth-order valence-electron chi connectivity index (χ4n) is 1.94. The Morgan fingerprint density at radius 3 is 2.70 bits per heavy atom. The van der Waals surface area contributed by atoms with Crippen molar-refractivity contribution in [2.45, 2.75) is 6.92 Å². The highest BCUT2D eigenvalue weighted by Gasteiger charge is 2.26. The molecule has 0 fully saturated rings. The Labute approximate surface area is 118 Å². The van der Waals surface area contributed by atoms with Crippen molar-refractivity contribution in [1.29, 1.82) is 0 Å². The Balaban J connectivity index is 2.19. The van der Waals surface area contributed by atoms with E-state index in [2.05, 4.69) is 10.9 Å². The summed E-state index contributed by atoms with van der Waals surface area (Å²) in [5.41, 5.74) is 2.15. The highest BCUT2D eigenvalue weighted by molar-refractivity contribution is 6.13. The maximum atomic E-state index is 12.2. The number of methoxy groups -OCH3 is 1. The van der Waals surface area contributed by atoms with Gasteiger partial charge < -0.3 is 4.74 Å². The quantitative estimate of drug-likeness (QED) is 0.618. The third-order valence-electron chi connectivity index (χ3n) is 3.04. The lowest BCUT2D eigenvalue weighted by molar-refractivity contribution is -0.123. The zero-order chi connectivity index (χ0) is 14.5. The van der Waals surface area contributed by atoms with Crippen LogP contribution in [-0.4, -0.2) is 36.9 Å². The molecule has 20 heavy (non-hydrogen) atoms. The van der Waals surface area contributed by atoms with E-state index in [4.69, 9.17) is 11.2 Å². The number of nitrogens with zero attached hydrogens (tertiary/aromatic N) is 2. The van der Waals surface area contributed by atoms with Gasteiger partial charge >= 0.3 is 0 Å². The summed E-state index contributed by atoms with van der Waals surface area (Å²) in [5, 5.41) is 0. The number of amides is 1. The Kier molecular flexibility index (Phi) is 4.34. The van der Waals surface area contributed by atoms with Crippen molar-refractivity contribution < 1.29 is 9.53 Å². The summed E-state index contributed by atoms with van der Waals surface area (Å²) in [6.45, 7) is 2.82. The molecule has 0 radical (unpaired) electrons. The first-order chi connectivity index (χ1) is 9.65. The van der Waals surface area contributed by atoms with Crippen LogP contribution >= 0.6 is 0 Å². The second kappa shape index (κ2) is 6.18. The summed E-state index contributed by atoms with van der Waals surface area (Å²) in [7, 11) is 1.61. The van der Waals surface area contributed by atoms with E-state index in [-0.39, 0.29) is 5.91 Å². The zero-order valence-electron chi connectivity index (χ0n) is 11.6. The first-order valence-electron chi connectivity index (χ1n) is 6.30. The molecule has 0 aliphatic carbocycles. The van der Waals surface area contributed by atoms with E-state index >= 15 is 0 Å². The summed E-state index contributed by atoms with van der Waals surface area (Å²) in [4.78, 5) is 18.1. The highest BCUT2D eigenvalue weighted by Crippen LogP contribution is 2.18. The van der Waals surface area contributed by atoms with E-state index < -0.39 is 0 Å². The van der Waals surface area contributed by atoms with Crippen LogP contribution in [-0.2, 0) is 9.53 Å². The van der Waals surface area contributed by atoms with E-state index in [1.54, 1.807) is 18.1 Å². The van der Waals surface area contributed by atoms with Gasteiger partial charge in [0, 0.05) is 12.7 Å². The number of hydrogen-bond donors (Lipinski definition) is 0. The van der Waals surface area contributed by atoms with E-state index in [0.29, 0.717) is 24.7 Å². The lowest BCUT2D eigenvalue weighted by atomic mass is 10.1. The second-order valence-electron chi connectivity index (χ2n) is 4.40. The molecule has 0 unspecified atom stereocenters. The number of carbonyl (C=O) groups excluding carboxylic acids is 1. The standard InChI is InChI=1S/C16H16N2O2/c1-4-13-5-7-14(8-6-13)11-15-16(19)18(9-10-20-3)12(2)17-15/h1,5-8,11H,9-10H2,2-3H3/b15-11-. The molecule has 4 heteroatoms. The van der Waals surface area contributed by atoms with Gasteiger partial charge in [0.2, 0.25) is 0 Å². The first-order valence-corrected chi connectivity index (χ1v) is 6.30. The lowest BCUT2D eigenvalue weighted by Crippen LogP contribution is -2.33. The monoisotopic (exact) mass is 268 g/mol. The minimum absolute atomic E-state index is 0.0967. The summed E-state index contributed by atoms with van der Waals surface area (Å²) in [6, 6.07) is 7.42. The lowest BCUT2D eigenvalue weighted by Gasteiger charge is -2.14. The van der Waals surface area contributed by atoms with Crippen molar-refractivity contribution in [2.24, 2.45) is 4.99 Å². The van der Waals surface area contributed by atoms with Crippen molar-refractivity contribution in [3.05, 3.63) is 41.1 Å². The average molecular weight is 268 g/mol. The van der Waals surface area contributed by atoms with Crippen LogP contribution in [0.2, 0.25) is 0 Å². The van der Waals surface area contributed by atoms with Gasteiger partial charge in [-0.05, 0) is 30.7 Å². The molecule has 1 heterocycles. The molecule has 2 rings (SSSR count). The Bertz CT molecular complexity index is 606. The molecule has 0 saturated heterocycles. The fraction of sp³-hybridized carbons (Fsp3) is 0.250. The predicted molar refractivity (Wildman–Crippen MR) is 79.1 cm³/mol. The highest BCUT2D eigenvalue weighted by atomic mass is 16.5. The van der Waals surface area contributed by atoms with Gasteiger partial charge in [0.05, 0.1) is 13.2 Å². The van der Waals surface area contributed by atoms with Crippen LogP contribution < -0.4 is 0 Å². The molecule has 1 aliphatic heterocycles. The van der Waals surface area contributed by atoms with Crippen molar-refractivity contribution in [2.75, 3.05) is 20.3 Å². The number of rotatable bonds is 4. The average Bonchev–Trinajstić information content (AvgIpc) is 2.72. The molecule has 1 amide bonds. The van der Waals surface area contributed by atoms with Gasteiger partial charge in [-0.15, -0.1) is 6.42 Å². The molecule has 0 atom stereocenters. The van der Waals surface area contributed by atoms with Crippen LogP contribution in [0.5, 0.6) is 0 Å². The maximum Gasteiger partial charge on any atom is 0.277 e. The number of terminal acetylenes is 1. The van der Waals surface area contributed by atoms with E-state index in [0.717, 1.165) is 11.1 Å². The van der Waals surface area contributed by atoms with Crippen LogP contribution in [0.15, 0.2) is 35.0 Å². The summed E-state index contributed by atoms with van der Waals surface area (Å²) in [5.74, 6) is 3.15. The van der Waals surface area contributed by atoms with E-state index in [9.17, 15) is 4.79 Å². The molecule has 0 spiro atoms. The van der Waals surface area contributed by atoms with Gasteiger partial charge in [0.25, 0.3) is 5.91 Å². The molecule has 0 bridgehead atoms. The number of aliphatic imine (C=N–C) groups is 1. The summed E-state index contributed by atoms with van der Waals surface area (Å²) < 4.78 is 4.99. The third-order valence-corrected chi connectivity index (χ3v) is 3.04. The van der Waals surface area contributed by atoms with Gasteiger partial charge in [-0.2, -0.15) is 0 Å². The summed E-state index contributed by atoms with van der Waals surface area (Å²) in [6.07, 6.45) is 7.07. The molecule has 1 aliphatic rings. The molecule has 102 valence electrons. The van der Waals surface area contributed by atoms with Crippen LogP contribution in [0.1, 0.15) is 18.1 Å². The largest absolute Gasteiger partial charge is 0.383 e. The Hall–Kier alpha value is -2.38. The van der Waals surface area contributed by atoms with Crippen molar-refractivity contribution in [1.82, 2.24) is 4.90 Å². The third kappa shape index (κ3) is 2.95. The fourth-order valence-corrected chi connectivity index (χ4v) is 1.94. The van der Waals surface area contributed by atoms with Gasteiger partial charge in [-0.1, -0.05) is 18.1 Å². The number of ether oxygens (including phenoxy) is 1. The normalized spacial score (nSPS) is 16.4. The minimum Gasteiger partial charge on any atom is -0.383 e. The van der Waals surface area contributed by atoms with Crippen molar-refractivity contribution in [3.63, 3.8) is 0 Å². The molecular formula is C16H16N2O2. The summed E-state index contributed by atoms with van der Waals surface area (Å²) >= 11 is 0. The minimum atomic E-state index is -0.0967. The van der Waals surface area contributed by atoms with Gasteiger partial charge in [0.15, 0.2) is 0 Å². The molecular weight excluding hydrogens is 252 g/mol. The maximum absolute atomic E-state index is 12.2. The smallest absolute Gasteiger partial charge is 0.277 e. The van der Waals surface area contributed by atoms with Crippen LogP contribution in [0.3, 0.4) is 0 Å². The van der Waals surface area contributed by atoms with Gasteiger partial charge in [-0.3, -0.25) is 9.69 Å². The molecule has 0 N–H and O–H groups in total. The molecule has 0 saturated carbocycles. The number of carbonyl (C=O) groups is 1. The molecule has 1 aromatic carbocycles. The van der Waals surface area contributed by atoms with Gasteiger partial charge in [0.1, 0.15) is 11.5 Å². The zero-order valence-corrected chi connectivity index (χ0v) is 11.6. The van der Waals surface area contributed by atoms with E-state index in [1.807, 2.05) is 31.2 Å². The van der Waals surface area contributed by atoms with Crippen LogP contribution in [0, 0.1) is 12.3 Å². The second-order valence-corrected chi connectivity index (χ2v) is 4.40. The van der Waals surface area contributed by atoms with E-state index in [1.165, 1.54) is 0 Å². The Morgan fingerprint density at radius 2 is 2.10 bits per heavy atom. The topological polar surface area (TPSA) is 41.9 Å². The number of amidine groups is 1. The first kappa shape index (κ1) is 14.0. The molecule has 0 aromatic heterocycles.